The number of hydrogen-bond acceptors (Lipinski definition) is 6. The average molecular weight is 477 g/mol. The molecule has 3 aromatic heterocycles. The standard InChI is InChI=1S/C20H16F4N8O2/c21-13-6-11(20(22,23)24)2-1-9(13)7-25-17-29-15-10(5-14-16(33)30-19(34)28-14)8-26-32(15)18(31-17)27-12-3-4-12/h1-2,5-6,8,12,33H,3-4,7H2,(H,25,27,31)(H2,28,30,34)/p+1. The van der Waals surface area contributed by atoms with Crippen LogP contribution in [0.4, 0.5) is 23.5 Å². The molecule has 10 nitrogen and oxygen atoms in total. The van der Waals surface area contributed by atoms with E-state index >= 15 is 0 Å². The molecule has 3 heterocycles. The molecule has 5 N–H and O–H groups in total. The highest BCUT2D eigenvalue weighted by molar-refractivity contribution is 5.57. The lowest BCUT2D eigenvalue weighted by Gasteiger charge is -2.09. The fourth-order valence-electron chi connectivity index (χ4n) is 3.27. The summed E-state index contributed by atoms with van der Waals surface area (Å²) < 4.78 is 54.0. The lowest BCUT2D eigenvalue weighted by molar-refractivity contribution is -0.523. The number of nitrogens with one attached hydrogen (secondary N) is 4. The first kappa shape index (κ1) is 21.6. The van der Waals surface area contributed by atoms with Gasteiger partial charge < -0.3 is 15.4 Å². The van der Waals surface area contributed by atoms with Crippen LogP contribution in [0.5, 0.6) is 5.88 Å². The first-order chi connectivity index (χ1) is 16.2. The molecule has 176 valence electrons. The van der Waals surface area contributed by atoms with Gasteiger partial charge in [0.1, 0.15) is 11.5 Å². The molecule has 5 rings (SSSR count). The topological polar surface area (TPSA) is 138 Å². The number of imidazole rings is 1. The third-order valence-corrected chi connectivity index (χ3v) is 5.16. The maximum Gasteiger partial charge on any atom is 0.421 e. The van der Waals surface area contributed by atoms with Crippen LogP contribution in [0.25, 0.3) is 11.7 Å². The molecule has 0 spiro atoms. The van der Waals surface area contributed by atoms with Gasteiger partial charge in [-0.3, -0.25) is 9.98 Å². The summed E-state index contributed by atoms with van der Waals surface area (Å²) in [7, 11) is 0. The molecule has 1 aromatic carbocycles. The number of halogens is 4. The quantitative estimate of drug-likeness (QED) is 0.241. The number of alkyl halides is 3. The van der Waals surface area contributed by atoms with E-state index in [0.717, 1.165) is 25.0 Å². The van der Waals surface area contributed by atoms with Gasteiger partial charge in [-0.2, -0.15) is 18.2 Å². The van der Waals surface area contributed by atoms with Gasteiger partial charge in [0.05, 0.1) is 23.0 Å². The zero-order valence-corrected chi connectivity index (χ0v) is 17.2. The number of anilines is 1. The molecule has 14 heteroatoms. The molecule has 1 fully saturated rings. The van der Waals surface area contributed by atoms with Gasteiger partial charge in [-0.15, -0.1) is 5.10 Å². The lowest BCUT2D eigenvalue weighted by atomic mass is 10.1. The number of aromatic amines is 2. The van der Waals surface area contributed by atoms with E-state index in [4.69, 9.17) is 0 Å². The van der Waals surface area contributed by atoms with Crippen LogP contribution in [-0.4, -0.2) is 40.7 Å². The second-order valence-corrected chi connectivity index (χ2v) is 7.77. The Kier molecular flexibility index (Phi) is 5.06. The van der Waals surface area contributed by atoms with Crippen LogP contribution in [0.2, 0.25) is 0 Å². The summed E-state index contributed by atoms with van der Waals surface area (Å²) in [6.45, 7) is -0.165. The van der Waals surface area contributed by atoms with Crippen molar-refractivity contribution < 1.29 is 27.7 Å². The zero-order valence-electron chi connectivity index (χ0n) is 17.2. The van der Waals surface area contributed by atoms with Crippen LogP contribution < -0.4 is 26.8 Å². The minimum absolute atomic E-state index is 0.00305. The molecule has 0 bridgehead atoms. The SMILES string of the molecule is O=c1[nH]c(O)c(C=c2cnn3c(=[NH+]C4CC4)nc(NCc4ccc(C(F)(F)F)cc4F)nc23)[nH]1. The molecule has 0 aliphatic heterocycles. The van der Waals surface area contributed by atoms with Crippen LogP contribution in [0, 0.1) is 5.82 Å². The summed E-state index contributed by atoms with van der Waals surface area (Å²) in [6, 6.07) is 2.50. The number of rotatable bonds is 5. The van der Waals surface area contributed by atoms with Crippen molar-refractivity contribution >= 4 is 17.7 Å². The lowest BCUT2D eigenvalue weighted by Crippen LogP contribution is -2.80. The van der Waals surface area contributed by atoms with E-state index in [1.54, 1.807) is 0 Å². The maximum absolute atomic E-state index is 14.2. The summed E-state index contributed by atoms with van der Waals surface area (Å²) in [5.41, 5.74) is -0.871. The predicted octanol–water partition coefficient (Wildman–Crippen LogP) is -0.692. The summed E-state index contributed by atoms with van der Waals surface area (Å²) in [5, 5.41) is 17.4. The van der Waals surface area contributed by atoms with Crippen molar-refractivity contribution in [2.75, 3.05) is 5.32 Å². The number of benzene rings is 1. The largest absolute Gasteiger partial charge is 0.493 e. The normalized spacial score (nSPS) is 15.4. The smallest absolute Gasteiger partial charge is 0.421 e. The Balaban J connectivity index is 1.53. The van der Waals surface area contributed by atoms with Gasteiger partial charge in [0.25, 0.3) is 0 Å². The van der Waals surface area contributed by atoms with E-state index in [1.165, 1.54) is 16.8 Å². The highest BCUT2D eigenvalue weighted by Crippen LogP contribution is 2.30. The summed E-state index contributed by atoms with van der Waals surface area (Å²) in [5.74, 6) is -1.28. The average Bonchev–Trinajstić information content (AvgIpc) is 3.40. The molecule has 0 amide bonds. The number of hydrogen-bond donors (Lipinski definition) is 5. The van der Waals surface area contributed by atoms with Crippen LogP contribution >= 0.6 is 0 Å². The van der Waals surface area contributed by atoms with Crippen molar-refractivity contribution in [2.45, 2.75) is 31.6 Å². The molecule has 0 radical (unpaired) electrons. The van der Waals surface area contributed by atoms with Crippen molar-refractivity contribution in [1.29, 1.82) is 0 Å². The van der Waals surface area contributed by atoms with Crippen LogP contribution in [-0.2, 0) is 12.7 Å². The summed E-state index contributed by atoms with van der Waals surface area (Å²) in [4.78, 5) is 28.0. The van der Waals surface area contributed by atoms with Gasteiger partial charge in [-0.25, -0.2) is 9.18 Å². The van der Waals surface area contributed by atoms with Crippen LogP contribution in [0.3, 0.4) is 0 Å². The van der Waals surface area contributed by atoms with E-state index in [0.29, 0.717) is 22.6 Å². The maximum atomic E-state index is 14.2. The van der Waals surface area contributed by atoms with Gasteiger partial charge >= 0.3 is 23.4 Å². The number of aromatic hydroxyl groups is 1. The Morgan fingerprint density at radius 3 is 2.71 bits per heavy atom. The Labute approximate surface area is 186 Å². The Bertz CT molecular complexity index is 1570. The van der Waals surface area contributed by atoms with Gasteiger partial charge in [-0.05, 0) is 36.0 Å². The number of nitrogens with zero attached hydrogens (tertiary/aromatic N) is 4. The van der Waals surface area contributed by atoms with Crippen molar-refractivity contribution in [2.24, 2.45) is 0 Å². The second kappa shape index (κ2) is 7.97. The van der Waals surface area contributed by atoms with E-state index in [2.05, 4.69) is 35.3 Å². The first-order valence-electron chi connectivity index (χ1n) is 10.1. The monoisotopic (exact) mass is 477 g/mol. The second-order valence-electron chi connectivity index (χ2n) is 7.77. The number of aromatic nitrogens is 6. The number of fused-ring (bicyclic) bond motifs is 1. The van der Waals surface area contributed by atoms with Crippen molar-refractivity contribution in [1.82, 2.24) is 29.5 Å². The minimum atomic E-state index is -4.64. The van der Waals surface area contributed by atoms with Gasteiger partial charge in [0.2, 0.25) is 11.5 Å². The highest BCUT2D eigenvalue weighted by Gasteiger charge is 2.31. The first-order valence-corrected chi connectivity index (χ1v) is 10.1. The molecule has 1 aliphatic rings. The molecule has 0 atom stereocenters. The van der Waals surface area contributed by atoms with Crippen molar-refractivity contribution in [3.05, 3.63) is 68.4 Å². The van der Waals surface area contributed by atoms with Crippen LogP contribution in [0.1, 0.15) is 29.7 Å². The third-order valence-electron chi connectivity index (χ3n) is 5.16. The Morgan fingerprint density at radius 1 is 1.26 bits per heavy atom. The molecule has 1 aliphatic carbocycles. The predicted molar refractivity (Wildman–Crippen MR) is 108 cm³/mol. The third kappa shape index (κ3) is 4.33. The Morgan fingerprint density at radius 2 is 2.06 bits per heavy atom. The van der Waals surface area contributed by atoms with E-state index in [9.17, 15) is 27.5 Å². The van der Waals surface area contributed by atoms with Crippen molar-refractivity contribution in [3.63, 3.8) is 0 Å². The van der Waals surface area contributed by atoms with Gasteiger partial charge in [0, 0.05) is 12.1 Å². The van der Waals surface area contributed by atoms with E-state index in [-0.39, 0.29) is 35.7 Å². The molecule has 0 unspecified atom stereocenters. The van der Waals surface area contributed by atoms with Gasteiger partial charge in [-0.1, -0.05) is 10.6 Å². The molecule has 34 heavy (non-hydrogen) atoms. The van der Waals surface area contributed by atoms with Crippen LogP contribution in [0.15, 0.2) is 29.2 Å². The van der Waals surface area contributed by atoms with Gasteiger partial charge in [0.15, 0.2) is 0 Å². The van der Waals surface area contributed by atoms with Crippen molar-refractivity contribution in [3.8, 4) is 5.88 Å². The molecule has 0 saturated heterocycles. The molecular formula is C20H17F4N8O2+. The minimum Gasteiger partial charge on any atom is -0.493 e. The summed E-state index contributed by atoms with van der Waals surface area (Å²) in [6.07, 6.45) is 0.180. The molecule has 1 saturated carbocycles. The highest BCUT2D eigenvalue weighted by atomic mass is 19.4. The fraction of sp³-hybridized carbons (Fsp3) is 0.250. The zero-order chi connectivity index (χ0) is 24.0. The van der Waals surface area contributed by atoms with E-state index < -0.39 is 23.2 Å². The fourth-order valence-corrected chi connectivity index (χ4v) is 3.27. The Hall–Kier alpha value is -4.23. The number of H-pyrrole nitrogens is 2. The molecule has 4 aromatic rings. The molecular weight excluding hydrogens is 460 g/mol. The van der Waals surface area contributed by atoms with E-state index in [1.807, 2.05) is 0 Å². The summed E-state index contributed by atoms with van der Waals surface area (Å²) >= 11 is 0.